The molecule has 2 aliphatic heterocycles. The summed E-state index contributed by atoms with van der Waals surface area (Å²) in [6.45, 7) is 0.570. The van der Waals surface area contributed by atoms with Gasteiger partial charge in [-0.1, -0.05) is 24.3 Å². The van der Waals surface area contributed by atoms with E-state index in [4.69, 9.17) is 0 Å². The number of imide groups is 2. The summed E-state index contributed by atoms with van der Waals surface area (Å²) in [5.41, 5.74) is 3.03. The number of fused-ring (bicyclic) bond motifs is 1. The minimum absolute atomic E-state index is 0.0603. The summed E-state index contributed by atoms with van der Waals surface area (Å²) < 4.78 is 0. The fourth-order valence-corrected chi connectivity index (χ4v) is 3.60. The molecule has 1 saturated heterocycles. The second-order valence-electron chi connectivity index (χ2n) is 7.03. The van der Waals surface area contributed by atoms with E-state index in [0.717, 1.165) is 21.1 Å². The molecule has 0 aliphatic carbocycles. The highest BCUT2D eigenvalue weighted by molar-refractivity contribution is 6.30. The van der Waals surface area contributed by atoms with Crippen LogP contribution in [-0.4, -0.2) is 54.2 Å². The minimum atomic E-state index is -0.652. The molecule has 0 bridgehead atoms. The van der Waals surface area contributed by atoms with Crippen molar-refractivity contribution >= 4 is 35.5 Å². The number of urea groups is 1. The number of anilines is 1. The van der Waals surface area contributed by atoms with Gasteiger partial charge in [-0.25, -0.2) is 4.79 Å². The Morgan fingerprint density at radius 1 is 0.931 bits per heavy atom. The van der Waals surface area contributed by atoms with Gasteiger partial charge in [0, 0.05) is 31.9 Å². The number of nitrogens with zero attached hydrogens (tertiary/aromatic N) is 3. The highest BCUT2D eigenvalue weighted by Gasteiger charge is 2.37. The molecular weight excluding hydrogens is 370 g/mol. The first-order valence-corrected chi connectivity index (χ1v) is 9.20. The van der Waals surface area contributed by atoms with Gasteiger partial charge < -0.3 is 4.90 Å². The summed E-state index contributed by atoms with van der Waals surface area (Å²) in [6.07, 6.45) is 2.18. The molecule has 0 spiro atoms. The molecular formula is C22H19N3O4. The summed E-state index contributed by atoms with van der Waals surface area (Å²) in [5.74, 6) is -1.31. The molecule has 7 heteroatoms. The van der Waals surface area contributed by atoms with Crippen LogP contribution in [0.2, 0.25) is 0 Å². The molecule has 0 radical (unpaired) electrons. The fourth-order valence-electron chi connectivity index (χ4n) is 3.60. The number of carbonyl (C=O) groups excluding carboxylic acids is 4. The summed E-state index contributed by atoms with van der Waals surface area (Å²) in [7, 11) is 2.69. The summed E-state index contributed by atoms with van der Waals surface area (Å²) in [6, 6.07) is 13.9. The van der Waals surface area contributed by atoms with Gasteiger partial charge in [-0.15, -0.1) is 0 Å². The normalized spacial score (nSPS) is 16.4. The number of barbiturate groups is 1. The van der Waals surface area contributed by atoms with Crippen molar-refractivity contribution in [3.05, 3.63) is 70.8 Å². The number of hydrogen-bond acceptors (Lipinski definition) is 4. The molecule has 2 aromatic rings. The summed E-state index contributed by atoms with van der Waals surface area (Å²) >= 11 is 0. The van der Waals surface area contributed by atoms with Crippen LogP contribution in [0.5, 0.6) is 0 Å². The first-order chi connectivity index (χ1) is 13.9. The van der Waals surface area contributed by atoms with Crippen LogP contribution in [0.25, 0.3) is 6.08 Å². The van der Waals surface area contributed by atoms with E-state index in [9.17, 15) is 19.2 Å². The van der Waals surface area contributed by atoms with Gasteiger partial charge in [0.25, 0.3) is 17.7 Å². The van der Waals surface area contributed by atoms with Gasteiger partial charge in [-0.3, -0.25) is 24.2 Å². The van der Waals surface area contributed by atoms with Crippen molar-refractivity contribution in [2.24, 2.45) is 0 Å². The molecule has 146 valence electrons. The van der Waals surface area contributed by atoms with Crippen LogP contribution >= 0.6 is 0 Å². The van der Waals surface area contributed by atoms with Gasteiger partial charge in [-0.2, -0.15) is 0 Å². The molecule has 2 aromatic carbocycles. The van der Waals surface area contributed by atoms with Crippen LogP contribution in [0.1, 0.15) is 21.5 Å². The quantitative estimate of drug-likeness (QED) is 0.583. The largest absolute Gasteiger partial charge is 0.333 e. The van der Waals surface area contributed by atoms with Crippen LogP contribution in [0.15, 0.2) is 54.1 Å². The van der Waals surface area contributed by atoms with E-state index < -0.39 is 17.8 Å². The lowest BCUT2D eigenvalue weighted by molar-refractivity contribution is -0.134. The lowest BCUT2D eigenvalue weighted by atomic mass is 10.0. The van der Waals surface area contributed by atoms with Crippen molar-refractivity contribution in [1.82, 2.24) is 9.80 Å². The van der Waals surface area contributed by atoms with Crippen molar-refractivity contribution in [3.8, 4) is 0 Å². The van der Waals surface area contributed by atoms with Crippen LogP contribution in [0.3, 0.4) is 0 Å². The number of amides is 5. The van der Waals surface area contributed by atoms with E-state index in [1.54, 1.807) is 23.1 Å². The molecule has 4 rings (SSSR count). The molecule has 0 N–H and O–H groups in total. The van der Waals surface area contributed by atoms with E-state index in [0.29, 0.717) is 24.1 Å². The van der Waals surface area contributed by atoms with Crippen LogP contribution < -0.4 is 4.90 Å². The number of hydrogen-bond donors (Lipinski definition) is 0. The smallest absolute Gasteiger partial charge is 0.308 e. The molecule has 0 aromatic heterocycles. The maximum absolute atomic E-state index is 12.8. The first-order valence-electron chi connectivity index (χ1n) is 9.20. The first kappa shape index (κ1) is 18.6. The van der Waals surface area contributed by atoms with E-state index in [2.05, 4.69) is 0 Å². The second-order valence-corrected chi connectivity index (χ2v) is 7.03. The van der Waals surface area contributed by atoms with Crippen LogP contribution in [0, 0.1) is 0 Å². The van der Waals surface area contributed by atoms with Gasteiger partial charge in [0.1, 0.15) is 5.57 Å². The second kappa shape index (κ2) is 7.01. The average Bonchev–Trinajstić information content (AvgIpc) is 3.17. The SMILES string of the molecule is CN1C(=O)C(=Cc2ccc3c(c2)CCN3C(=O)c2ccccc2)C(=O)N(C)C1=O. The van der Waals surface area contributed by atoms with Gasteiger partial charge >= 0.3 is 6.03 Å². The van der Waals surface area contributed by atoms with Crippen molar-refractivity contribution in [1.29, 1.82) is 0 Å². The van der Waals surface area contributed by atoms with Crippen LogP contribution in [-0.2, 0) is 16.0 Å². The zero-order valence-electron chi connectivity index (χ0n) is 16.1. The van der Waals surface area contributed by atoms with Gasteiger partial charge in [0.05, 0.1) is 0 Å². The van der Waals surface area contributed by atoms with E-state index in [-0.39, 0.29) is 11.5 Å². The third-order valence-corrected chi connectivity index (χ3v) is 5.22. The zero-order valence-corrected chi connectivity index (χ0v) is 16.1. The molecule has 2 aliphatic rings. The number of carbonyl (C=O) groups is 4. The fraction of sp³-hybridized carbons (Fsp3) is 0.182. The highest BCUT2D eigenvalue weighted by Crippen LogP contribution is 2.31. The maximum atomic E-state index is 12.8. The topological polar surface area (TPSA) is 78.0 Å². The van der Waals surface area contributed by atoms with E-state index in [1.807, 2.05) is 30.3 Å². The molecule has 0 saturated carbocycles. The Balaban J connectivity index is 1.64. The van der Waals surface area contributed by atoms with Crippen molar-refractivity contribution in [2.45, 2.75) is 6.42 Å². The lowest BCUT2D eigenvalue weighted by Crippen LogP contribution is -2.52. The minimum Gasteiger partial charge on any atom is -0.308 e. The molecule has 29 heavy (non-hydrogen) atoms. The Kier molecular flexibility index (Phi) is 4.50. The van der Waals surface area contributed by atoms with Gasteiger partial charge in [0.2, 0.25) is 0 Å². The van der Waals surface area contributed by atoms with Crippen LogP contribution in [0.4, 0.5) is 10.5 Å². The Labute approximate surface area is 167 Å². The Morgan fingerprint density at radius 2 is 1.59 bits per heavy atom. The molecule has 0 unspecified atom stereocenters. The van der Waals surface area contributed by atoms with E-state index in [1.165, 1.54) is 20.2 Å². The Hall–Kier alpha value is -3.74. The molecule has 7 nitrogen and oxygen atoms in total. The third kappa shape index (κ3) is 3.10. The Bertz CT molecular complexity index is 1050. The van der Waals surface area contributed by atoms with Crippen molar-refractivity contribution in [3.63, 3.8) is 0 Å². The predicted molar refractivity (Wildman–Crippen MR) is 107 cm³/mol. The Morgan fingerprint density at radius 3 is 2.24 bits per heavy atom. The predicted octanol–water partition coefficient (Wildman–Crippen LogP) is 2.32. The van der Waals surface area contributed by atoms with Crippen molar-refractivity contribution < 1.29 is 19.2 Å². The molecule has 2 heterocycles. The maximum Gasteiger partial charge on any atom is 0.333 e. The van der Waals surface area contributed by atoms with E-state index >= 15 is 0 Å². The zero-order chi connectivity index (χ0) is 20.7. The third-order valence-electron chi connectivity index (χ3n) is 5.22. The van der Waals surface area contributed by atoms with Crippen molar-refractivity contribution in [2.75, 3.05) is 25.5 Å². The molecule has 5 amide bonds. The molecule has 1 fully saturated rings. The number of benzene rings is 2. The number of likely N-dealkylation sites (N-methyl/N-ethyl adjacent to an activating group) is 2. The van der Waals surface area contributed by atoms with Gasteiger partial charge in [0.15, 0.2) is 0 Å². The monoisotopic (exact) mass is 389 g/mol. The highest BCUT2D eigenvalue weighted by atomic mass is 16.2. The molecule has 0 atom stereocenters. The lowest BCUT2D eigenvalue weighted by Gasteiger charge is -2.28. The average molecular weight is 389 g/mol. The standard InChI is InChI=1S/C22H19N3O4/c1-23-20(27)17(21(28)24(2)22(23)29)13-14-8-9-18-16(12-14)10-11-25(18)19(26)15-6-4-3-5-7-15/h3-9,12-13H,10-11H2,1-2H3. The number of rotatable bonds is 2. The van der Waals surface area contributed by atoms with Gasteiger partial charge in [-0.05, 0) is 47.9 Å². The summed E-state index contributed by atoms with van der Waals surface area (Å²) in [4.78, 5) is 52.9. The summed E-state index contributed by atoms with van der Waals surface area (Å²) in [5, 5.41) is 0.